The van der Waals surface area contributed by atoms with E-state index in [0.29, 0.717) is 14.2 Å². The van der Waals surface area contributed by atoms with Crippen LogP contribution >= 0.6 is 31.9 Å². The minimum atomic E-state index is -6.45. The van der Waals surface area contributed by atoms with Gasteiger partial charge in [-0.1, -0.05) is 0 Å². The van der Waals surface area contributed by atoms with Crippen molar-refractivity contribution in [3.8, 4) is 22.6 Å². The molecule has 0 saturated carbocycles. The van der Waals surface area contributed by atoms with Crippen LogP contribution in [0.2, 0.25) is 0 Å². The van der Waals surface area contributed by atoms with Crippen LogP contribution in [-0.4, -0.2) is 92.0 Å². The van der Waals surface area contributed by atoms with Gasteiger partial charge in [-0.15, -0.1) is 0 Å². The Morgan fingerprint density at radius 2 is 0.595 bits per heavy atom. The van der Waals surface area contributed by atoms with Gasteiger partial charge in [-0.05, 0) is 31.9 Å². The Morgan fingerprint density at radius 1 is 0.405 bits per heavy atom. The van der Waals surface area contributed by atoms with Gasteiger partial charge in [0.15, 0.2) is 11.5 Å². The van der Waals surface area contributed by atoms with E-state index in [0.717, 1.165) is 0 Å². The van der Waals surface area contributed by atoms with E-state index in [9.17, 15) is 77.8 Å². The Morgan fingerprint density at radius 3 is 0.738 bits per heavy atom. The van der Waals surface area contributed by atoms with E-state index in [2.05, 4.69) is 41.3 Å². The van der Waals surface area contributed by atoms with Gasteiger partial charge in [0.2, 0.25) is 0 Å². The highest BCUT2D eigenvalue weighted by Gasteiger charge is 2.47. The molecule has 0 radical (unpaired) electrons. The van der Waals surface area contributed by atoms with E-state index >= 15 is 0 Å². The summed E-state index contributed by atoms with van der Waals surface area (Å²) >= 11 is 4.71. The molecule has 0 aliphatic carbocycles. The molecule has 20 nitrogen and oxygen atoms in total. The molecule has 0 aliphatic heterocycles. The normalized spacial score (nSPS) is 13.7. The molecule has 0 bridgehead atoms. The van der Waals surface area contributed by atoms with Crippen molar-refractivity contribution in [1.29, 1.82) is 0 Å². The molecule has 42 heavy (non-hydrogen) atoms. The molecule has 2 aromatic rings. The molecule has 2 aromatic carbocycles. The van der Waals surface area contributed by atoms with Crippen LogP contribution in [0.4, 0.5) is 0 Å². The van der Waals surface area contributed by atoms with Crippen molar-refractivity contribution in [1.82, 2.24) is 0 Å². The fourth-order valence-electron chi connectivity index (χ4n) is 3.53. The zero-order valence-corrected chi connectivity index (χ0v) is 27.7. The summed E-state index contributed by atoms with van der Waals surface area (Å²) in [5.74, 6) is -3.18. The highest BCUT2D eigenvalue weighted by Crippen LogP contribution is 2.55. The zero-order chi connectivity index (χ0) is 33.3. The summed E-state index contributed by atoms with van der Waals surface area (Å²) in [5, 5.41) is 0. The first-order valence-electron chi connectivity index (χ1n) is 9.17. The molecule has 0 fully saturated rings. The molecule has 0 heterocycles. The van der Waals surface area contributed by atoms with Crippen LogP contribution in [-0.2, 0) is 60.7 Å². The maximum absolute atomic E-state index is 12.6. The Hall–Kier alpha value is -1.54. The van der Waals surface area contributed by atoms with E-state index in [-0.39, 0.29) is 0 Å². The molecule has 0 unspecified atom stereocenters. The van der Waals surface area contributed by atoms with Gasteiger partial charge in [0, 0.05) is 11.1 Å². The number of benzene rings is 2. The topological polar surface area (TPSA) is 345 Å². The summed E-state index contributed by atoms with van der Waals surface area (Å²) in [6, 6.07) is 0. The molecule has 6 N–H and O–H groups in total. The standard InChI is InChI=1S/C14H12Br2O20S6/c1-35-7-5(15)13(41(29,30)31)11(39(23,24)25)3(9(7)37(17,18)19)4-10(38(20,21)22)8(36-2)6(16)14(42(32,33)34)12(4)40(26,27)28/h1-2H3,(H,17,18,19)(H,20,21,22)(H,23,24,25)(H,26,27,28)(H,29,30,31)(H,32,33,34). The number of halogens is 2. The molecule has 2 rings (SSSR count). The first-order valence-corrected chi connectivity index (χ1v) is 19.4. The minimum Gasteiger partial charge on any atom is -0.494 e. The van der Waals surface area contributed by atoms with Crippen molar-refractivity contribution in [2.24, 2.45) is 0 Å². The van der Waals surface area contributed by atoms with Crippen molar-refractivity contribution in [3.05, 3.63) is 8.95 Å². The van der Waals surface area contributed by atoms with Crippen LogP contribution < -0.4 is 9.47 Å². The summed E-state index contributed by atoms with van der Waals surface area (Å²) < 4.78 is 215. The lowest BCUT2D eigenvalue weighted by Crippen LogP contribution is -2.21. The molecule has 238 valence electrons. The lowest BCUT2D eigenvalue weighted by molar-refractivity contribution is 0.387. The van der Waals surface area contributed by atoms with Crippen LogP contribution in [0.5, 0.6) is 11.5 Å². The smallest absolute Gasteiger partial charge is 0.298 e. The number of methoxy groups -OCH3 is 2. The Balaban J connectivity index is 4.10. The monoisotopic (exact) mass is 850 g/mol. The fraction of sp³-hybridized carbons (Fsp3) is 0.143. The molecule has 0 atom stereocenters. The number of hydrogen-bond donors (Lipinski definition) is 6. The second kappa shape index (κ2) is 11.1. The third-order valence-electron chi connectivity index (χ3n) is 4.74. The maximum Gasteiger partial charge on any atom is 0.298 e. The van der Waals surface area contributed by atoms with Gasteiger partial charge < -0.3 is 9.47 Å². The van der Waals surface area contributed by atoms with Crippen molar-refractivity contribution in [2.45, 2.75) is 29.4 Å². The molecule has 0 amide bonds. The van der Waals surface area contributed by atoms with E-state index in [1.807, 2.05) is 0 Å². The third-order valence-corrected chi connectivity index (χ3v) is 12.5. The second-order valence-corrected chi connectivity index (χ2v) is 17.0. The van der Waals surface area contributed by atoms with Gasteiger partial charge in [-0.3, -0.25) is 27.3 Å². The van der Waals surface area contributed by atoms with Gasteiger partial charge in [-0.2, -0.15) is 50.5 Å². The highest BCUT2D eigenvalue weighted by molar-refractivity contribution is 9.11. The predicted octanol–water partition coefficient (Wildman–Crippen LogP) is 0.376. The van der Waals surface area contributed by atoms with E-state index in [4.69, 9.17) is 0 Å². The van der Waals surface area contributed by atoms with Crippen LogP contribution in [0.1, 0.15) is 0 Å². The lowest BCUT2D eigenvalue weighted by atomic mass is 10.0. The quantitative estimate of drug-likeness (QED) is 0.186. The molecule has 28 heteroatoms. The van der Waals surface area contributed by atoms with E-state index in [1.54, 1.807) is 0 Å². The van der Waals surface area contributed by atoms with Crippen molar-refractivity contribution < 1.29 is 87.3 Å². The van der Waals surface area contributed by atoms with Crippen molar-refractivity contribution in [3.63, 3.8) is 0 Å². The minimum absolute atomic E-state index is 0.485. The van der Waals surface area contributed by atoms with Gasteiger partial charge >= 0.3 is 0 Å². The third kappa shape index (κ3) is 6.60. The highest BCUT2D eigenvalue weighted by atomic mass is 79.9. The number of rotatable bonds is 9. The van der Waals surface area contributed by atoms with Crippen molar-refractivity contribution in [2.75, 3.05) is 14.2 Å². The molecule has 0 aromatic heterocycles. The molecular formula is C14H12Br2O20S6. The summed E-state index contributed by atoms with van der Waals surface area (Å²) in [6.07, 6.45) is 0. The largest absolute Gasteiger partial charge is 0.494 e. The summed E-state index contributed by atoms with van der Waals surface area (Å²) in [4.78, 5) is -13.7. The van der Waals surface area contributed by atoms with Crippen LogP contribution in [0.25, 0.3) is 11.1 Å². The van der Waals surface area contributed by atoms with Crippen LogP contribution in [0, 0.1) is 0 Å². The average molecular weight is 852 g/mol. The Bertz CT molecular complexity index is 2040. The second-order valence-electron chi connectivity index (χ2n) is 7.27. The zero-order valence-electron chi connectivity index (χ0n) is 19.6. The summed E-state index contributed by atoms with van der Waals surface area (Å²) in [5.41, 5.74) is -4.74. The molecular weight excluding hydrogens is 840 g/mol. The van der Waals surface area contributed by atoms with Crippen LogP contribution in [0.3, 0.4) is 0 Å². The molecule has 0 saturated heterocycles. The molecule has 0 aliphatic rings. The number of ether oxygens (including phenoxy) is 2. The average Bonchev–Trinajstić information content (AvgIpc) is 2.72. The van der Waals surface area contributed by atoms with Gasteiger partial charge in [0.1, 0.15) is 29.4 Å². The Kier molecular flexibility index (Phi) is 9.70. The number of hydrogen-bond acceptors (Lipinski definition) is 14. The molecule has 0 spiro atoms. The lowest BCUT2D eigenvalue weighted by Gasteiger charge is -2.24. The summed E-state index contributed by atoms with van der Waals surface area (Å²) in [6.45, 7) is 0. The summed E-state index contributed by atoms with van der Waals surface area (Å²) in [7, 11) is -36.6. The predicted molar refractivity (Wildman–Crippen MR) is 139 cm³/mol. The SMILES string of the molecule is COc1c(Br)c(S(=O)(=O)O)c(S(=O)(=O)O)c(-c2c(S(=O)(=O)O)c(OC)c(Br)c(S(=O)(=O)O)c2S(=O)(=O)O)c1S(=O)(=O)O. The fourth-order valence-corrected chi connectivity index (χ4v) is 12.5. The van der Waals surface area contributed by atoms with Crippen molar-refractivity contribution >= 4 is 92.6 Å². The van der Waals surface area contributed by atoms with E-state index in [1.165, 1.54) is 0 Å². The van der Waals surface area contributed by atoms with Gasteiger partial charge in [0.05, 0.1) is 23.2 Å². The Labute approximate surface area is 253 Å². The van der Waals surface area contributed by atoms with Gasteiger partial charge in [-0.25, -0.2) is 0 Å². The van der Waals surface area contributed by atoms with E-state index < -0.39 is 122 Å². The first-order chi connectivity index (χ1) is 18.5. The van der Waals surface area contributed by atoms with Crippen LogP contribution in [0.15, 0.2) is 38.3 Å². The maximum atomic E-state index is 12.6. The first kappa shape index (κ1) is 36.7. The van der Waals surface area contributed by atoms with Gasteiger partial charge in [0.25, 0.3) is 60.7 Å².